The summed E-state index contributed by atoms with van der Waals surface area (Å²) in [5, 5.41) is 5.04. The molecule has 378 valence electrons. The second-order valence-electron chi connectivity index (χ2n) is 21.6. The molecule has 0 saturated carbocycles. The molecule has 0 fully saturated rings. The van der Waals surface area contributed by atoms with Crippen LogP contribution in [0, 0.1) is 5.92 Å². The fourth-order valence-corrected chi connectivity index (χ4v) is 13.6. The Morgan fingerprint density at radius 2 is 0.825 bits per heavy atom. The Balaban J connectivity index is 0.805. The molecule has 2 nitrogen and oxygen atoms in total. The van der Waals surface area contributed by atoms with Gasteiger partial charge in [0.15, 0.2) is 0 Å². The Morgan fingerprint density at radius 3 is 1.45 bits per heavy atom. The largest absolute Gasteiger partial charge is 0.334 e. The number of rotatable bonds is 10. The Bertz CT molecular complexity index is 4430. The van der Waals surface area contributed by atoms with Crippen molar-refractivity contribution in [2.75, 3.05) is 4.90 Å². The maximum atomic E-state index is 2.59. The van der Waals surface area contributed by atoms with E-state index in [2.05, 4.69) is 326 Å². The Kier molecular flexibility index (Phi) is 11.5. The van der Waals surface area contributed by atoms with Gasteiger partial charge in [-0.05, 0) is 149 Å². The minimum atomic E-state index is -0.485. The number of allylic oxidation sites excluding steroid dienone is 2. The summed E-state index contributed by atoms with van der Waals surface area (Å²) in [4.78, 5) is 2.59. The van der Waals surface area contributed by atoms with Crippen LogP contribution in [0.2, 0.25) is 0 Å². The quantitative estimate of drug-likeness (QED) is 0.133. The van der Waals surface area contributed by atoms with Crippen LogP contribution in [-0.4, -0.2) is 10.6 Å². The van der Waals surface area contributed by atoms with Crippen LogP contribution in [0.4, 0.5) is 11.4 Å². The molecule has 0 saturated heterocycles. The van der Waals surface area contributed by atoms with E-state index in [1.54, 1.807) is 0 Å². The fraction of sp³-hybridized carbons (Fsp3) is 0.0513. The molecule has 12 aromatic carbocycles. The van der Waals surface area contributed by atoms with Crippen molar-refractivity contribution in [3.8, 4) is 50.2 Å². The van der Waals surface area contributed by atoms with Crippen molar-refractivity contribution in [1.29, 1.82) is 0 Å². The standard InChI is InChI=1S/C78H56N2/c1-53-74(49-48-72-69-28-10-13-31-73(69)78(77(53)72,64-23-4-2-5-24-64)65-25-6-3-7-26-65)79(67-46-42-58(43-47-67)62-22-17-27-68(52-62)80-75-32-14-11-29-70(75)71-30-12-15-33-76(71)80)66-44-40-56(41-45-66)55-34-36-57(37-35-55)60-20-16-21-61(50-60)63-39-38-54-18-8-9-19-59(54)51-63/h2-53,74H,1H3. The maximum Gasteiger partial charge on any atom is 0.0679 e. The number of hydrogen-bond acceptors (Lipinski definition) is 1. The molecule has 0 aliphatic heterocycles. The van der Waals surface area contributed by atoms with Gasteiger partial charge in [0.25, 0.3) is 0 Å². The number of aromatic nitrogens is 1. The van der Waals surface area contributed by atoms with Gasteiger partial charge in [-0.3, -0.25) is 0 Å². The van der Waals surface area contributed by atoms with Gasteiger partial charge >= 0.3 is 0 Å². The predicted octanol–water partition coefficient (Wildman–Crippen LogP) is 20.1. The van der Waals surface area contributed by atoms with E-state index < -0.39 is 5.41 Å². The van der Waals surface area contributed by atoms with Crippen LogP contribution < -0.4 is 4.90 Å². The van der Waals surface area contributed by atoms with Crippen molar-refractivity contribution >= 4 is 49.5 Å². The van der Waals surface area contributed by atoms with Gasteiger partial charge in [-0.2, -0.15) is 0 Å². The molecule has 2 atom stereocenters. The molecule has 1 heterocycles. The summed E-state index contributed by atoms with van der Waals surface area (Å²) >= 11 is 0. The van der Waals surface area contributed by atoms with Crippen LogP contribution in [0.25, 0.3) is 88.3 Å². The molecule has 0 bridgehead atoms. The second kappa shape index (κ2) is 19.5. The van der Waals surface area contributed by atoms with E-state index >= 15 is 0 Å². The van der Waals surface area contributed by atoms with E-state index in [1.807, 2.05) is 0 Å². The topological polar surface area (TPSA) is 8.17 Å². The van der Waals surface area contributed by atoms with Crippen molar-refractivity contribution in [3.63, 3.8) is 0 Å². The Hall–Kier alpha value is -10.0. The number of benzene rings is 12. The van der Waals surface area contributed by atoms with Crippen LogP contribution in [0.5, 0.6) is 0 Å². The van der Waals surface area contributed by atoms with Gasteiger partial charge in [0, 0.05) is 33.8 Å². The fourth-order valence-electron chi connectivity index (χ4n) is 13.6. The molecule has 80 heavy (non-hydrogen) atoms. The highest BCUT2D eigenvalue weighted by Gasteiger charge is 2.51. The summed E-state index contributed by atoms with van der Waals surface area (Å²) in [6.45, 7) is 2.46. The Morgan fingerprint density at radius 1 is 0.362 bits per heavy atom. The van der Waals surface area contributed by atoms with Crippen molar-refractivity contribution < 1.29 is 0 Å². The van der Waals surface area contributed by atoms with Crippen molar-refractivity contribution in [3.05, 3.63) is 337 Å². The van der Waals surface area contributed by atoms with E-state index in [4.69, 9.17) is 0 Å². The molecule has 0 N–H and O–H groups in total. The van der Waals surface area contributed by atoms with Crippen molar-refractivity contribution in [2.45, 2.75) is 18.4 Å². The highest BCUT2D eigenvalue weighted by molar-refractivity contribution is 6.09. The second-order valence-corrected chi connectivity index (χ2v) is 21.6. The van der Waals surface area contributed by atoms with Crippen molar-refractivity contribution in [2.24, 2.45) is 5.92 Å². The average molecular weight is 1020 g/mol. The molecule has 2 heteroatoms. The van der Waals surface area contributed by atoms with E-state index in [0.29, 0.717) is 0 Å². The molecule has 2 unspecified atom stereocenters. The lowest BCUT2D eigenvalue weighted by atomic mass is 9.62. The first-order chi connectivity index (χ1) is 39.6. The summed E-state index contributed by atoms with van der Waals surface area (Å²) in [5.74, 6) is 0.0948. The summed E-state index contributed by atoms with van der Waals surface area (Å²) in [5.41, 5.74) is 22.9. The summed E-state index contributed by atoms with van der Waals surface area (Å²) in [6, 6.07) is 110. The first-order valence-electron chi connectivity index (χ1n) is 28.0. The lowest BCUT2D eigenvalue weighted by Gasteiger charge is -2.44. The first-order valence-corrected chi connectivity index (χ1v) is 28.0. The van der Waals surface area contributed by atoms with Crippen LogP contribution in [0.3, 0.4) is 0 Å². The molecule has 0 amide bonds. The molecule has 13 aromatic rings. The summed E-state index contributed by atoms with van der Waals surface area (Å²) in [7, 11) is 0. The lowest BCUT2D eigenvalue weighted by Crippen LogP contribution is -2.42. The van der Waals surface area contributed by atoms with E-state index in [-0.39, 0.29) is 12.0 Å². The summed E-state index contributed by atoms with van der Waals surface area (Å²) in [6.07, 6.45) is 4.90. The van der Waals surface area contributed by atoms with Crippen LogP contribution in [0.15, 0.2) is 315 Å². The normalized spacial score (nSPS) is 15.3. The predicted molar refractivity (Wildman–Crippen MR) is 337 cm³/mol. The number of hydrogen-bond donors (Lipinski definition) is 0. The zero-order valence-corrected chi connectivity index (χ0v) is 44.5. The zero-order chi connectivity index (χ0) is 53.2. The molecule has 0 radical (unpaired) electrons. The van der Waals surface area contributed by atoms with E-state index in [9.17, 15) is 0 Å². The van der Waals surface area contributed by atoms with E-state index in [1.165, 1.54) is 110 Å². The smallest absolute Gasteiger partial charge is 0.0679 e. The minimum Gasteiger partial charge on any atom is -0.334 e. The van der Waals surface area contributed by atoms with Gasteiger partial charge in [-0.25, -0.2) is 0 Å². The van der Waals surface area contributed by atoms with Crippen LogP contribution >= 0.6 is 0 Å². The van der Waals surface area contributed by atoms with Crippen LogP contribution in [-0.2, 0) is 5.41 Å². The van der Waals surface area contributed by atoms with Gasteiger partial charge in [0.2, 0.25) is 0 Å². The lowest BCUT2D eigenvalue weighted by molar-refractivity contribution is 0.522. The van der Waals surface area contributed by atoms with Gasteiger partial charge < -0.3 is 9.47 Å². The van der Waals surface area contributed by atoms with Gasteiger partial charge in [0.05, 0.1) is 22.5 Å². The highest BCUT2D eigenvalue weighted by atomic mass is 15.2. The molecule has 15 rings (SSSR count). The number of nitrogens with zero attached hydrogens (tertiary/aromatic N) is 2. The third kappa shape index (κ3) is 7.78. The zero-order valence-electron chi connectivity index (χ0n) is 44.5. The van der Waals surface area contributed by atoms with E-state index in [0.717, 1.165) is 17.1 Å². The number of anilines is 2. The third-order valence-corrected chi connectivity index (χ3v) is 17.3. The molecule has 2 aliphatic rings. The minimum absolute atomic E-state index is 0.0187. The first kappa shape index (κ1) is 47.2. The molecule has 2 aliphatic carbocycles. The number of para-hydroxylation sites is 2. The third-order valence-electron chi connectivity index (χ3n) is 17.3. The van der Waals surface area contributed by atoms with Gasteiger partial charge in [-0.15, -0.1) is 0 Å². The van der Waals surface area contributed by atoms with Gasteiger partial charge in [0.1, 0.15) is 0 Å². The molecule has 0 spiro atoms. The number of fused-ring (bicyclic) bond motifs is 6. The molecule has 1 aromatic heterocycles. The Labute approximate surface area is 468 Å². The molecular formula is C78H56N2. The van der Waals surface area contributed by atoms with Crippen LogP contribution in [0.1, 0.15) is 29.2 Å². The SMILES string of the molecule is CC1C2=C(C=CC1N(c1ccc(-c3ccc(-c4cccc(-c5ccc6ccccc6c5)c4)cc3)cc1)c1ccc(-c3cccc(-n4c5ccccc5c5ccccc54)c3)cc1)c1ccccc1C2(c1ccccc1)c1ccccc1. The van der Waals surface area contributed by atoms with Crippen molar-refractivity contribution in [1.82, 2.24) is 4.57 Å². The average Bonchev–Trinajstić information content (AvgIpc) is 4.19. The summed E-state index contributed by atoms with van der Waals surface area (Å²) < 4.78 is 2.40. The molecular weight excluding hydrogens is 965 g/mol. The monoisotopic (exact) mass is 1020 g/mol. The maximum absolute atomic E-state index is 2.59. The highest BCUT2D eigenvalue weighted by Crippen LogP contribution is 2.59. The van der Waals surface area contributed by atoms with Gasteiger partial charge in [-0.1, -0.05) is 256 Å².